The van der Waals surface area contributed by atoms with Crippen LogP contribution in [0.2, 0.25) is 0 Å². The van der Waals surface area contributed by atoms with Gasteiger partial charge < -0.3 is 15.8 Å². The second-order valence-corrected chi connectivity index (χ2v) is 5.22. The van der Waals surface area contributed by atoms with E-state index in [1.165, 1.54) is 13.2 Å². The van der Waals surface area contributed by atoms with Crippen LogP contribution in [-0.4, -0.2) is 24.5 Å². The molecule has 0 heterocycles. The molecule has 3 N–H and O–H groups in total. The van der Waals surface area contributed by atoms with E-state index in [4.69, 9.17) is 5.73 Å². The Morgan fingerprint density at radius 3 is 2.60 bits per heavy atom. The molecule has 1 amide bonds. The van der Waals surface area contributed by atoms with E-state index in [1.807, 2.05) is 13.8 Å². The van der Waals surface area contributed by atoms with E-state index in [0.717, 1.165) is 12.1 Å². The number of nitrogens with one attached hydrogen (secondary N) is 1. The maximum atomic E-state index is 13.1. The van der Waals surface area contributed by atoms with Crippen molar-refractivity contribution in [2.45, 2.75) is 32.2 Å². The summed E-state index contributed by atoms with van der Waals surface area (Å²) in [5.74, 6) is -1.58. The molecule has 0 saturated heterocycles. The van der Waals surface area contributed by atoms with Crippen molar-refractivity contribution in [3.8, 4) is 0 Å². The number of benzene rings is 1. The molecule has 1 aromatic carbocycles. The molecule has 1 aromatic rings. The molecule has 20 heavy (non-hydrogen) atoms. The maximum Gasteiger partial charge on any atom is 0.340 e. The minimum absolute atomic E-state index is 0.0205. The molecule has 0 spiro atoms. The number of rotatable bonds is 5. The summed E-state index contributed by atoms with van der Waals surface area (Å²) < 4.78 is 17.7. The first-order valence-electron chi connectivity index (χ1n) is 6.19. The van der Waals surface area contributed by atoms with Gasteiger partial charge in [-0.15, -0.1) is 0 Å². The van der Waals surface area contributed by atoms with E-state index in [9.17, 15) is 14.0 Å². The predicted molar refractivity (Wildman–Crippen MR) is 73.9 cm³/mol. The summed E-state index contributed by atoms with van der Waals surface area (Å²) in [6.45, 7) is 3.64. The van der Waals surface area contributed by atoms with Crippen LogP contribution in [-0.2, 0) is 9.53 Å². The van der Waals surface area contributed by atoms with Crippen molar-refractivity contribution in [2.75, 3.05) is 12.4 Å². The fourth-order valence-electron chi connectivity index (χ4n) is 1.55. The molecule has 0 fully saturated rings. The molecule has 0 unspecified atom stereocenters. The largest absolute Gasteiger partial charge is 0.465 e. The molecule has 110 valence electrons. The zero-order chi connectivity index (χ0) is 15.3. The third-order valence-corrected chi connectivity index (χ3v) is 2.66. The third-order valence-electron chi connectivity index (χ3n) is 2.66. The van der Waals surface area contributed by atoms with Crippen molar-refractivity contribution in [1.82, 2.24) is 0 Å². The number of nitrogens with two attached hydrogens (primary N) is 1. The highest BCUT2D eigenvalue weighted by molar-refractivity contribution is 6.01. The number of hydrogen-bond acceptors (Lipinski definition) is 4. The van der Waals surface area contributed by atoms with Gasteiger partial charge in [0.15, 0.2) is 0 Å². The van der Waals surface area contributed by atoms with Gasteiger partial charge in [0.2, 0.25) is 5.91 Å². The molecule has 0 saturated carbocycles. The van der Waals surface area contributed by atoms with Gasteiger partial charge in [-0.1, -0.05) is 0 Å². The predicted octanol–water partition coefficient (Wildman–Crippen LogP) is 2.07. The Balaban J connectivity index is 2.82. The van der Waals surface area contributed by atoms with E-state index in [1.54, 1.807) is 0 Å². The van der Waals surface area contributed by atoms with Crippen molar-refractivity contribution in [1.29, 1.82) is 0 Å². The molecular weight excluding hydrogens is 263 g/mol. The monoisotopic (exact) mass is 282 g/mol. The number of esters is 1. The van der Waals surface area contributed by atoms with Crippen LogP contribution >= 0.6 is 0 Å². The molecule has 0 aliphatic carbocycles. The second-order valence-electron chi connectivity index (χ2n) is 5.22. The molecule has 0 radical (unpaired) electrons. The first kappa shape index (κ1) is 16.1. The van der Waals surface area contributed by atoms with Crippen LogP contribution in [0.25, 0.3) is 0 Å². The number of halogens is 1. The lowest BCUT2D eigenvalue weighted by molar-refractivity contribution is -0.116. The molecule has 0 aliphatic rings. The summed E-state index contributed by atoms with van der Waals surface area (Å²) in [4.78, 5) is 23.3. The van der Waals surface area contributed by atoms with Crippen LogP contribution in [0.3, 0.4) is 0 Å². The first-order valence-corrected chi connectivity index (χ1v) is 6.19. The number of ether oxygens (including phenoxy) is 1. The highest BCUT2D eigenvalue weighted by Crippen LogP contribution is 2.19. The normalized spacial score (nSPS) is 11.1. The second kappa shape index (κ2) is 6.47. The Morgan fingerprint density at radius 1 is 1.40 bits per heavy atom. The smallest absolute Gasteiger partial charge is 0.340 e. The minimum atomic E-state index is -0.709. The molecular formula is C14H19FN2O3. The molecule has 0 aromatic heterocycles. The Bertz CT molecular complexity index is 510. The number of amides is 1. The van der Waals surface area contributed by atoms with Gasteiger partial charge in [-0.3, -0.25) is 4.79 Å². The van der Waals surface area contributed by atoms with Crippen molar-refractivity contribution in [3.05, 3.63) is 29.6 Å². The van der Waals surface area contributed by atoms with Crippen molar-refractivity contribution < 1.29 is 18.7 Å². The van der Waals surface area contributed by atoms with Gasteiger partial charge in [0.05, 0.1) is 18.4 Å². The summed E-state index contributed by atoms with van der Waals surface area (Å²) in [7, 11) is 1.19. The van der Waals surface area contributed by atoms with Gasteiger partial charge in [0.25, 0.3) is 0 Å². The van der Waals surface area contributed by atoms with Crippen molar-refractivity contribution >= 4 is 17.6 Å². The van der Waals surface area contributed by atoms with Crippen LogP contribution in [0, 0.1) is 5.82 Å². The lowest BCUT2D eigenvalue weighted by Gasteiger charge is -2.18. The summed E-state index contributed by atoms with van der Waals surface area (Å²) >= 11 is 0. The first-order chi connectivity index (χ1) is 9.23. The maximum absolute atomic E-state index is 13.1. The highest BCUT2D eigenvalue weighted by Gasteiger charge is 2.17. The Kier molecular flexibility index (Phi) is 5.21. The van der Waals surface area contributed by atoms with Crippen molar-refractivity contribution in [2.24, 2.45) is 5.73 Å². The lowest BCUT2D eigenvalue weighted by Crippen LogP contribution is -2.33. The topological polar surface area (TPSA) is 81.4 Å². The van der Waals surface area contributed by atoms with Gasteiger partial charge in [0.1, 0.15) is 5.82 Å². The summed E-state index contributed by atoms with van der Waals surface area (Å²) in [5, 5.41) is 2.56. The van der Waals surface area contributed by atoms with Gasteiger partial charge >= 0.3 is 5.97 Å². The lowest BCUT2D eigenvalue weighted by atomic mass is 10.00. The van der Waals surface area contributed by atoms with E-state index in [2.05, 4.69) is 10.1 Å². The summed E-state index contributed by atoms with van der Waals surface area (Å²) in [6, 6.07) is 3.51. The Morgan fingerprint density at radius 2 is 2.05 bits per heavy atom. The van der Waals surface area contributed by atoms with Crippen LogP contribution in [0.4, 0.5) is 10.1 Å². The number of anilines is 1. The SMILES string of the molecule is COC(=O)c1cc(F)ccc1NC(=O)CCC(C)(C)N. The number of carbonyl (C=O) groups is 2. The molecule has 6 heteroatoms. The Hall–Kier alpha value is -1.95. The van der Waals surface area contributed by atoms with Crippen LogP contribution < -0.4 is 11.1 Å². The number of hydrogen-bond donors (Lipinski definition) is 2. The van der Waals surface area contributed by atoms with Gasteiger partial charge in [-0.2, -0.15) is 0 Å². The fraction of sp³-hybridized carbons (Fsp3) is 0.429. The highest BCUT2D eigenvalue weighted by atomic mass is 19.1. The zero-order valence-corrected chi connectivity index (χ0v) is 11.8. The van der Waals surface area contributed by atoms with Crippen LogP contribution in [0.5, 0.6) is 0 Å². The number of methoxy groups -OCH3 is 1. The average Bonchev–Trinajstić information content (AvgIpc) is 2.37. The van der Waals surface area contributed by atoms with Crippen LogP contribution in [0.15, 0.2) is 18.2 Å². The van der Waals surface area contributed by atoms with Crippen LogP contribution in [0.1, 0.15) is 37.0 Å². The summed E-state index contributed by atoms with van der Waals surface area (Å²) in [5.41, 5.74) is 5.54. The van der Waals surface area contributed by atoms with Gasteiger partial charge in [-0.05, 0) is 38.5 Å². The van der Waals surface area contributed by atoms with Crippen molar-refractivity contribution in [3.63, 3.8) is 0 Å². The third kappa shape index (κ3) is 4.97. The minimum Gasteiger partial charge on any atom is -0.465 e. The average molecular weight is 282 g/mol. The van der Waals surface area contributed by atoms with E-state index in [0.29, 0.717) is 6.42 Å². The molecule has 5 nitrogen and oxygen atoms in total. The van der Waals surface area contributed by atoms with Gasteiger partial charge in [0, 0.05) is 12.0 Å². The quantitative estimate of drug-likeness (QED) is 0.810. The zero-order valence-electron chi connectivity index (χ0n) is 11.8. The Labute approximate surface area is 117 Å². The molecule has 0 bridgehead atoms. The fourth-order valence-corrected chi connectivity index (χ4v) is 1.55. The number of carbonyl (C=O) groups excluding carboxylic acids is 2. The molecule has 0 aliphatic heterocycles. The van der Waals surface area contributed by atoms with E-state index < -0.39 is 17.3 Å². The molecule has 1 rings (SSSR count). The van der Waals surface area contributed by atoms with Gasteiger partial charge in [-0.25, -0.2) is 9.18 Å². The van der Waals surface area contributed by atoms with E-state index >= 15 is 0 Å². The molecule has 0 atom stereocenters. The van der Waals surface area contributed by atoms with E-state index in [-0.39, 0.29) is 23.6 Å². The standard InChI is InChI=1S/C14H19FN2O3/c1-14(2,16)7-6-12(18)17-11-5-4-9(15)8-10(11)13(19)20-3/h4-5,8H,6-7,16H2,1-3H3,(H,17,18). The summed E-state index contributed by atoms with van der Waals surface area (Å²) in [6.07, 6.45) is 0.703.